The van der Waals surface area contributed by atoms with Crippen LogP contribution in [0.3, 0.4) is 0 Å². The first-order valence-electron chi connectivity index (χ1n) is 7.71. The molecule has 1 aliphatic rings. The van der Waals surface area contributed by atoms with E-state index in [1.54, 1.807) is 0 Å². The van der Waals surface area contributed by atoms with Gasteiger partial charge >= 0.3 is 0 Å². The minimum atomic E-state index is -0.527. The number of thiophene rings is 1. The van der Waals surface area contributed by atoms with Gasteiger partial charge in [0.1, 0.15) is 5.00 Å². The molecule has 0 bridgehead atoms. The van der Waals surface area contributed by atoms with E-state index in [1.807, 2.05) is 0 Å². The van der Waals surface area contributed by atoms with E-state index < -0.39 is 11.8 Å². The summed E-state index contributed by atoms with van der Waals surface area (Å²) in [4.78, 5) is 25.6. The van der Waals surface area contributed by atoms with Crippen LogP contribution in [0, 0.1) is 0 Å². The molecule has 1 heterocycles. The topological polar surface area (TPSA) is 81.4 Å². The predicted octanol–water partition coefficient (Wildman–Crippen LogP) is 4.29. The molecule has 3 N–H and O–H groups in total. The summed E-state index contributed by atoms with van der Waals surface area (Å²) in [6.45, 7) is 0. The molecule has 0 unspecified atom stereocenters. The molecule has 2 aromatic rings. The third kappa shape index (κ3) is 3.47. The van der Waals surface area contributed by atoms with Gasteiger partial charge in [0.2, 0.25) is 0 Å². The van der Waals surface area contributed by atoms with Gasteiger partial charge in [0.05, 0.1) is 22.7 Å². The number of aryl methyl sites for hydroxylation is 1. The summed E-state index contributed by atoms with van der Waals surface area (Å²) in [5.74, 6) is -0.627. The molecule has 0 atom stereocenters. The van der Waals surface area contributed by atoms with Crippen LogP contribution in [0.15, 0.2) is 12.1 Å². The lowest BCUT2D eigenvalue weighted by Crippen LogP contribution is -2.18. The second kappa shape index (κ2) is 7.23. The van der Waals surface area contributed by atoms with Crippen LogP contribution in [0.1, 0.15) is 44.0 Å². The van der Waals surface area contributed by atoms with Crippen molar-refractivity contribution >= 4 is 51.4 Å². The van der Waals surface area contributed by atoms with Crippen molar-refractivity contribution in [3.63, 3.8) is 0 Å². The van der Waals surface area contributed by atoms with E-state index in [4.69, 9.17) is 33.7 Å². The Morgan fingerprint density at radius 1 is 1.20 bits per heavy atom. The quantitative estimate of drug-likeness (QED) is 0.805. The number of ether oxygens (including phenoxy) is 1. The number of methoxy groups -OCH3 is 1. The molecule has 3 rings (SSSR count). The maximum Gasteiger partial charge on any atom is 0.256 e. The van der Waals surface area contributed by atoms with E-state index in [0.29, 0.717) is 16.3 Å². The number of fused-ring (bicyclic) bond motifs is 1. The van der Waals surface area contributed by atoms with Gasteiger partial charge in [0.25, 0.3) is 11.8 Å². The van der Waals surface area contributed by atoms with Crippen molar-refractivity contribution in [3.05, 3.63) is 43.7 Å². The largest absolute Gasteiger partial charge is 0.494 e. The van der Waals surface area contributed by atoms with Crippen molar-refractivity contribution in [2.45, 2.75) is 25.7 Å². The second-order valence-corrected chi connectivity index (χ2v) is 7.63. The minimum Gasteiger partial charge on any atom is -0.494 e. The van der Waals surface area contributed by atoms with Gasteiger partial charge in [0.15, 0.2) is 5.75 Å². The first-order valence-corrected chi connectivity index (χ1v) is 9.28. The van der Waals surface area contributed by atoms with E-state index in [1.165, 1.54) is 30.6 Å². The first-order chi connectivity index (χ1) is 11.9. The third-order valence-corrected chi connectivity index (χ3v) is 5.88. The summed E-state index contributed by atoms with van der Waals surface area (Å²) in [6.07, 6.45) is 3.79. The summed E-state index contributed by atoms with van der Waals surface area (Å²) in [7, 11) is 1.45. The van der Waals surface area contributed by atoms with Crippen LogP contribution in [0.25, 0.3) is 0 Å². The van der Waals surface area contributed by atoms with Gasteiger partial charge in [-0.3, -0.25) is 9.59 Å². The molecule has 25 heavy (non-hydrogen) atoms. The van der Waals surface area contributed by atoms with Crippen LogP contribution in [-0.2, 0) is 12.8 Å². The zero-order chi connectivity index (χ0) is 18.1. The molecule has 0 aliphatic heterocycles. The van der Waals surface area contributed by atoms with Gasteiger partial charge in [-0.05, 0) is 43.4 Å². The fraction of sp³-hybridized carbons (Fsp3) is 0.294. The number of anilines is 1. The lowest BCUT2D eigenvalue weighted by molar-refractivity contribution is 0.100. The number of halogens is 2. The van der Waals surface area contributed by atoms with Crippen molar-refractivity contribution in [2.24, 2.45) is 5.73 Å². The molecule has 0 saturated carbocycles. The highest BCUT2D eigenvalue weighted by atomic mass is 35.5. The van der Waals surface area contributed by atoms with E-state index >= 15 is 0 Å². The zero-order valence-electron chi connectivity index (χ0n) is 13.4. The molecule has 8 heteroatoms. The predicted molar refractivity (Wildman–Crippen MR) is 100 cm³/mol. The van der Waals surface area contributed by atoms with Crippen molar-refractivity contribution in [2.75, 3.05) is 12.4 Å². The number of hydrogen-bond acceptors (Lipinski definition) is 4. The average Bonchev–Trinajstić information content (AvgIpc) is 2.92. The summed E-state index contributed by atoms with van der Waals surface area (Å²) in [5.41, 5.74) is 7.20. The molecule has 1 aromatic heterocycles. The van der Waals surface area contributed by atoms with Gasteiger partial charge in [-0.2, -0.15) is 0 Å². The second-order valence-electron chi connectivity index (χ2n) is 5.71. The Labute approximate surface area is 159 Å². The number of rotatable bonds is 4. The van der Waals surface area contributed by atoms with E-state index in [0.717, 1.165) is 36.1 Å². The number of benzene rings is 1. The number of amides is 2. The van der Waals surface area contributed by atoms with Crippen molar-refractivity contribution in [1.29, 1.82) is 0 Å². The lowest BCUT2D eigenvalue weighted by atomic mass is 9.95. The summed E-state index contributed by atoms with van der Waals surface area (Å²) in [6, 6.07) is 2.94. The Balaban J connectivity index is 1.94. The number of carbonyl (C=O) groups excluding carboxylic acids is 2. The summed E-state index contributed by atoms with van der Waals surface area (Å²) < 4.78 is 5.08. The molecule has 0 saturated heterocycles. The van der Waals surface area contributed by atoms with Gasteiger partial charge in [-0.15, -0.1) is 11.3 Å². The fourth-order valence-corrected chi connectivity index (χ4v) is 4.91. The summed E-state index contributed by atoms with van der Waals surface area (Å²) >= 11 is 13.6. The SMILES string of the molecule is COc1c(Cl)cc(C(=O)Nc2sc3c(c2C(N)=O)CCCC3)cc1Cl. The molecular weight excluding hydrogens is 383 g/mol. The molecule has 1 aromatic carbocycles. The van der Waals surface area contributed by atoms with Crippen molar-refractivity contribution < 1.29 is 14.3 Å². The molecule has 0 radical (unpaired) electrons. The van der Waals surface area contributed by atoms with Gasteiger partial charge in [-0.1, -0.05) is 23.2 Å². The fourth-order valence-electron chi connectivity index (χ4n) is 2.98. The highest BCUT2D eigenvalue weighted by Crippen LogP contribution is 2.39. The Morgan fingerprint density at radius 2 is 1.84 bits per heavy atom. The smallest absolute Gasteiger partial charge is 0.256 e. The normalized spacial score (nSPS) is 13.2. The van der Waals surface area contributed by atoms with E-state index in [9.17, 15) is 9.59 Å². The van der Waals surface area contributed by atoms with E-state index in [-0.39, 0.29) is 15.6 Å². The van der Waals surface area contributed by atoms with Crippen LogP contribution in [0.5, 0.6) is 5.75 Å². The Kier molecular flexibility index (Phi) is 5.22. The number of carbonyl (C=O) groups is 2. The van der Waals surface area contributed by atoms with Crippen molar-refractivity contribution in [1.82, 2.24) is 0 Å². The minimum absolute atomic E-state index is 0.237. The van der Waals surface area contributed by atoms with Crippen LogP contribution in [0.2, 0.25) is 10.0 Å². The van der Waals surface area contributed by atoms with Gasteiger partial charge in [0, 0.05) is 10.4 Å². The molecule has 5 nitrogen and oxygen atoms in total. The Morgan fingerprint density at radius 3 is 2.44 bits per heavy atom. The van der Waals surface area contributed by atoms with Crippen LogP contribution in [0.4, 0.5) is 5.00 Å². The lowest BCUT2D eigenvalue weighted by Gasteiger charge is -2.11. The maximum absolute atomic E-state index is 12.6. The van der Waals surface area contributed by atoms with Crippen molar-refractivity contribution in [3.8, 4) is 5.75 Å². The standard InChI is InChI=1S/C17H16Cl2N2O3S/c1-24-14-10(18)6-8(7-11(14)19)16(23)21-17-13(15(20)22)9-4-2-3-5-12(9)25-17/h6-7H,2-5H2,1H3,(H2,20,22)(H,21,23). The highest BCUT2D eigenvalue weighted by molar-refractivity contribution is 7.17. The number of nitrogens with one attached hydrogen (secondary N) is 1. The molecule has 1 aliphatic carbocycles. The third-order valence-electron chi connectivity index (χ3n) is 4.11. The maximum atomic E-state index is 12.6. The first kappa shape index (κ1) is 18.0. The number of hydrogen-bond donors (Lipinski definition) is 2. The molecule has 2 amide bonds. The van der Waals surface area contributed by atoms with Gasteiger partial charge in [-0.25, -0.2) is 0 Å². The molecule has 0 spiro atoms. The van der Waals surface area contributed by atoms with Crippen LogP contribution < -0.4 is 15.8 Å². The Hall–Kier alpha value is -1.76. The van der Waals surface area contributed by atoms with Crippen LogP contribution in [-0.4, -0.2) is 18.9 Å². The molecule has 0 fully saturated rings. The van der Waals surface area contributed by atoms with Crippen LogP contribution >= 0.6 is 34.5 Å². The zero-order valence-corrected chi connectivity index (χ0v) is 15.8. The van der Waals surface area contributed by atoms with E-state index in [2.05, 4.69) is 5.32 Å². The Bertz CT molecular complexity index is 841. The monoisotopic (exact) mass is 398 g/mol. The molecule has 132 valence electrons. The summed E-state index contributed by atoms with van der Waals surface area (Å²) in [5, 5.41) is 3.73. The average molecular weight is 399 g/mol. The highest BCUT2D eigenvalue weighted by Gasteiger charge is 2.25. The van der Waals surface area contributed by atoms with Gasteiger partial charge < -0.3 is 15.8 Å². The number of nitrogens with two attached hydrogens (primary N) is 1. The molecular formula is C17H16Cl2N2O3S. The number of primary amides is 1.